The van der Waals surface area contributed by atoms with Crippen molar-refractivity contribution in [2.75, 3.05) is 6.61 Å². The van der Waals surface area contributed by atoms with Crippen LogP contribution in [0.15, 0.2) is 0 Å². The monoisotopic (exact) mass is 334 g/mol. The molecule has 4 aliphatic rings. The minimum atomic E-state index is -0.403. The quantitative estimate of drug-likeness (QED) is 0.733. The second kappa shape index (κ2) is 5.98. The number of fused-ring (bicyclic) bond motifs is 5. The summed E-state index contributed by atoms with van der Waals surface area (Å²) in [6.45, 7) is 7.33. The number of hydrogen-bond donors (Lipinski definition) is 2. The standard InChI is InChI=1S/C22H38O2/c1-14-4-7-19-18-6-5-15-12-21(2,24)10-8-16(15)17(18)9-11-22(19,3)20(14)13-23/h14-20,23-24H,4-13H2,1-3H3/t14-,15-,16+,17-,18-,19+,20-,21-,22+/m1/s1. The maximum absolute atomic E-state index is 10.5. The van der Waals surface area contributed by atoms with E-state index >= 15 is 0 Å². The van der Waals surface area contributed by atoms with Crippen molar-refractivity contribution in [3.8, 4) is 0 Å². The van der Waals surface area contributed by atoms with Gasteiger partial charge in [-0.3, -0.25) is 0 Å². The molecule has 0 aromatic rings. The first kappa shape index (κ1) is 17.3. The molecule has 2 N–H and O–H groups in total. The fourth-order valence-corrected chi connectivity index (χ4v) is 8.12. The van der Waals surface area contributed by atoms with Gasteiger partial charge in [0.05, 0.1) is 5.60 Å². The van der Waals surface area contributed by atoms with Crippen molar-refractivity contribution in [1.82, 2.24) is 0 Å². The van der Waals surface area contributed by atoms with Crippen molar-refractivity contribution in [2.24, 2.45) is 46.8 Å². The van der Waals surface area contributed by atoms with E-state index in [0.29, 0.717) is 23.9 Å². The Hall–Kier alpha value is -0.0800. The highest BCUT2D eigenvalue weighted by Crippen LogP contribution is 2.63. The Kier molecular flexibility index (Phi) is 4.32. The molecule has 9 atom stereocenters. The molecule has 0 radical (unpaired) electrons. The summed E-state index contributed by atoms with van der Waals surface area (Å²) in [7, 11) is 0. The SMILES string of the molecule is C[C@@H]1CC[C@H]2[C@@H]3CC[C@@H]4C[C@](C)(O)CC[C@@H]4[C@H]3CC[C@]2(C)[C@@H]1CO. The predicted octanol–water partition coefficient (Wildman–Crippen LogP) is 4.63. The van der Waals surface area contributed by atoms with Gasteiger partial charge >= 0.3 is 0 Å². The van der Waals surface area contributed by atoms with Gasteiger partial charge in [0.1, 0.15) is 0 Å². The van der Waals surface area contributed by atoms with Crippen LogP contribution in [0.2, 0.25) is 0 Å². The highest BCUT2D eigenvalue weighted by molar-refractivity contribution is 5.06. The molecule has 0 amide bonds. The molecule has 0 heterocycles. The highest BCUT2D eigenvalue weighted by Gasteiger charge is 2.56. The lowest BCUT2D eigenvalue weighted by molar-refractivity contribution is -0.143. The molecule has 0 aromatic heterocycles. The Bertz CT molecular complexity index is 473. The van der Waals surface area contributed by atoms with E-state index < -0.39 is 5.60 Å². The number of aliphatic hydroxyl groups is 2. The molecule has 0 aliphatic heterocycles. The third kappa shape index (κ3) is 2.58. The summed E-state index contributed by atoms with van der Waals surface area (Å²) in [5.41, 5.74) is -0.0278. The third-order valence-electron chi connectivity index (χ3n) is 9.34. The summed E-state index contributed by atoms with van der Waals surface area (Å²) in [5.74, 6) is 5.50. The fraction of sp³-hybridized carbons (Fsp3) is 1.00. The Morgan fingerprint density at radius 1 is 0.875 bits per heavy atom. The van der Waals surface area contributed by atoms with E-state index in [1.165, 1.54) is 44.9 Å². The Balaban J connectivity index is 1.56. The molecule has 0 aromatic carbocycles. The molecule has 0 spiro atoms. The normalized spacial score (nSPS) is 57.6. The summed E-state index contributed by atoms with van der Waals surface area (Å²) in [6.07, 6.45) is 11.4. The van der Waals surface area contributed by atoms with Gasteiger partial charge in [0, 0.05) is 6.61 Å². The van der Waals surface area contributed by atoms with Gasteiger partial charge in [-0.05, 0) is 105 Å². The smallest absolute Gasteiger partial charge is 0.0622 e. The summed E-state index contributed by atoms with van der Waals surface area (Å²) in [6, 6.07) is 0. The Morgan fingerprint density at radius 2 is 1.62 bits per heavy atom. The predicted molar refractivity (Wildman–Crippen MR) is 97.5 cm³/mol. The molecule has 2 heteroatoms. The van der Waals surface area contributed by atoms with Crippen LogP contribution >= 0.6 is 0 Å². The van der Waals surface area contributed by atoms with Crippen LogP contribution in [-0.4, -0.2) is 22.4 Å². The van der Waals surface area contributed by atoms with Crippen LogP contribution in [0.3, 0.4) is 0 Å². The summed E-state index contributed by atoms with van der Waals surface area (Å²) < 4.78 is 0. The lowest BCUT2D eigenvalue weighted by atomic mass is 9.44. The second-order valence-electron chi connectivity index (χ2n) is 10.6. The van der Waals surface area contributed by atoms with Crippen molar-refractivity contribution in [3.63, 3.8) is 0 Å². The van der Waals surface area contributed by atoms with E-state index in [9.17, 15) is 10.2 Å². The Labute approximate surface area is 148 Å². The molecule has 4 aliphatic carbocycles. The lowest BCUT2D eigenvalue weighted by Crippen LogP contribution is -2.55. The van der Waals surface area contributed by atoms with Crippen molar-refractivity contribution < 1.29 is 10.2 Å². The molecule has 4 saturated carbocycles. The van der Waals surface area contributed by atoms with Crippen LogP contribution in [-0.2, 0) is 0 Å². The van der Waals surface area contributed by atoms with E-state index in [2.05, 4.69) is 20.8 Å². The van der Waals surface area contributed by atoms with E-state index in [4.69, 9.17) is 0 Å². The van der Waals surface area contributed by atoms with Gasteiger partial charge in [0.2, 0.25) is 0 Å². The molecule has 138 valence electrons. The average molecular weight is 335 g/mol. The molecule has 4 rings (SSSR count). The van der Waals surface area contributed by atoms with Gasteiger partial charge in [-0.15, -0.1) is 0 Å². The van der Waals surface area contributed by atoms with E-state index in [-0.39, 0.29) is 0 Å². The van der Waals surface area contributed by atoms with Gasteiger partial charge in [-0.1, -0.05) is 20.3 Å². The van der Waals surface area contributed by atoms with E-state index in [0.717, 1.165) is 42.4 Å². The maximum atomic E-state index is 10.5. The maximum Gasteiger partial charge on any atom is 0.0622 e. The minimum Gasteiger partial charge on any atom is -0.396 e. The van der Waals surface area contributed by atoms with Crippen LogP contribution in [0.1, 0.15) is 78.6 Å². The first-order chi connectivity index (χ1) is 11.4. The van der Waals surface area contributed by atoms with Gasteiger partial charge in [0.15, 0.2) is 0 Å². The highest BCUT2D eigenvalue weighted by atomic mass is 16.3. The fourth-order valence-electron chi connectivity index (χ4n) is 8.12. The number of aliphatic hydroxyl groups excluding tert-OH is 1. The minimum absolute atomic E-state index is 0.376. The van der Waals surface area contributed by atoms with Crippen LogP contribution in [0, 0.1) is 46.8 Å². The molecule has 4 fully saturated rings. The average Bonchev–Trinajstić information content (AvgIpc) is 2.52. The van der Waals surface area contributed by atoms with Crippen LogP contribution in [0.4, 0.5) is 0 Å². The van der Waals surface area contributed by atoms with Crippen LogP contribution < -0.4 is 0 Å². The van der Waals surface area contributed by atoms with Crippen molar-refractivity contribution in [2.45, 2.75) is 84.2 Å². The summed E-state index contributed by atoms with van der Waals surface area (Å²) in [4.78, 5) is 0. The van der Waals surface area contributed by atoms with E-state index in [1.807, 2.05) is 0 Å². The molecule has 0 bridgehead atoms. The van der Waals surface area contributed by atoms with Crippen molar-refractivity contribution >= 4 is 0 Å². The third-order valence-corrected chi connectivity index (χ3v) is 9.34. The molecular weight excluding hydrogens is 296 g/mol. The van der Waals surface area contributed by atoms with Gasteiger partial charge < -0.3 is 10.2 Å². The van der Waals surface area contributed by atoms with Crippen molar-refractivity contribution in [3.05, 3.63) is 0 Å². The first-order valence-electron chi connectivity index (χ1n) is 10.7. The largest absolute Gasteiger partial charge is 0.396 e. The molecule has 0 saturated heterocycles. The van der Waals surface area contributed by atoms with Crippen LogP contribution in [0.5, 0.6) is 0 Å². The van der Waals surface area contributed by atoms with Gasteiger partial charge in [-0.25, -0.2) is 0 Å². The molecule has 2 nitrogen and oxygen atoms in total. The lowest BCUT2D eigenvalue weighted by Gasteiger charge is -2.62. The Morgan fingerprint density at radius 3 is 2.38 bits per heavy atom. The summed E-state index contributed by atoms with van der Waals surface area (Å²) in [5, 5.41) is 20.6. The van der Waals surface area contributed by atoms with E-state index in [1.54, 1.807) is 0 Å². The summed E-state index contributed by atoms with van der Waals surface area (Å²) >= 11 is 0. The molecule has 0 unspecified atom stereocenters. The van der Waals surface area contributed by atoms with Gasteiger partial charge in [0.25, 0.3) is 0 Å². The van der Waals surface area contributed by atoms with Gasteiger partial charge in [-0.2, -0.15) is 0 Å². The zero-order valence-corrected chi connectivity index (χ0v) is 16.0. The number of rotatable bonds is 1. The topological polar surface area (TPSA) is 40.5 Å². The van der Waals surface area contributed by atoms with Crippen molar-refractivity contribution in [1.29, 1.82) is 0 Å². The second-order valence-corrected chi connectivity index (χ2v) is 10.6. The zero-order valence-electron chi connectivity index (χ0n) is 16.0. The number of hydrogen-bond acceptors (Lipinski definition) is 2. The zero-order chi connectivity index (χ0) is 17.1. The molecule has 24 heavy (non-hydrogen) atoms. The molecular formula is C22H38O2. The first-order valence-corrected chi connectivity index (χ1v) is 10.7. The van der Waals surface area contributed by atoms with Crippen LogP contribution in [0.25, 0.3) is 0 Å².